The first-order valence-electron chi connectivity index (χ1n) is 15.1. The maximum Gasteiger partial charge on any atom is 0.318 e. The number of fused-ring (bicyclic) bond motifs is 2. The van der Waals surface area contributed by atoms with Crippen LogP contribution in [0.2, 0.25) is 0 Å². The Kier molecular flexibility index (Phi) is 8.12. The first kappa shape index (κ1) is 29.8. The Morgan fingerprint density at radius 2 is 1.95 bits per heavy atom. The number of carbonyl (C=O) groups excluding carboxylic acids is 1. The fraction of sp³-hybridized carbons (Fsp3) is 0.455. The Morgan fingerprint density at radius 1 is 1.16 bits per heavy atom. The van der Waals surface area contributed by atoms with Crippen molar-refractivity contribution in [3.63, 3.8) is 0 Å². The lowest BCUT2D eigenvalue weighted by atomic mass is 9.99. The zero-order chi connectivity index (χ0) is 31.0. The monoisotopic (exact) mass is 601 g/mol. The van der Waals surface area contributed by atoms with Gasteiger partial charge in [0, 0.05) is 55.3 Å². The number of anilines is 2. The second-order valence-electron chi connectivity index (χ2n) is 12.0. The lowest BCUT2D eigenvalue weighted by molar-refractivity contribution is -0.128. The van der Waals surface area contributed by atoms with E-state index in [1.165, 1.54) is 22.4 Å². The van der Waals surface area contributed by atoms with E-state index in [0.717, 1.165) is 29.3 Å². The van der Waals surface area contributed by atoms with Gasteiger partial charge in [0.2, 0.25) is 5.91 Å². The van der Waals surface area contributed by atoms with E-state index in [2.05, 4.69) is 65.8 Å². The number of amides is 1. The number of hydrogen-bond donors (Lipinski definition) is 0. The molecule has 2 fully saturated rings. The zero-order valence-electron chi connectivity index (χ0n) is 25.2. The highest BCUT2D eigenvalue weighted by Crippen LogP contribution is 2.36. The molecule has 3 aromatic rings. The Labute approximate surface area is 256 Å². The molecule has 11 heteroatoms. The van der Waals surface area contributed by atoms with Gasteiger partial charge in [-0.2, -0.15) is 15.2 Å². The molecule has 0 saturated carbocycles. The van der Waals surface area contributed by atoms with Gasteiger partial charge < -0.3 is 19.4 Å². The molecule has 2 aromatic carbocycles. The zero-order valence-corrected chi connectivity index (χ0v) is 25.2. The molecule has 0 spiro atoms. The third kappa shape index (κ3) is 5.78. The van der Waals surface area contributed by atoms with Crippen molar-refractivity contribution in [1.29, 1.82) is 5.26 Å². The van der Waals surface area contributed by atoms with Gasteiger partial charge in [-0.1, -0.05) is 36.9 Å². The number of likely N-dealkylation sites (N-methyl/N-ethyl adjacent to an activating group) is 1. The number of aromatic nitrogens is 2. The third-order valence-electron chi connectivity index (χ3n) is 9.06. The number of halogens is 2. The van der Waals surface area contributed by atoms with Crippen LogP contribution in [0.25, 0.3) is 10.8 Å². The number of hydrogen-bond acceptors (Lipinski definition) is 8. The maximum atomic E-state index is 14.1. The minimum Gasteiger partial charge on any atom is -0.462 e. The van der Waals surface area contributed by atoms with Gasteiger partial charge in [-0.15, -0.1) is 0 Å². The molecule has 6 rings (SSSR count). The molecule has 4 heterocycles. The molecule has 0 bridgehead atoms. The molecule has 3 aliphatic heterocycles. The van der Waals surface area contributed by atoms with Gasteiger partial charge in [-0.25, -0.2) is 8.78 Å². The largest absolute Gasteiger partial charge is 0.462 e. The van der Waals surface area contributed by atoms with Crippen LogP contribution < -0.4 is 14.5 Å². The summed E-state index contributed by atoms with van der Waals surface area (Å²) in [7, 11) is 1.68. The Hall–Kier alpha value is -4.30. The second-order valence-corrected chi connectivity index (χ2v) is 12.0. The third-order valence-corrected chi connectivity index (χ3v) is 9.06. The van der Waals surface area contributed by atoms with Crippen molar-refractivity contribution in [3.05, 3.63) is 65.9 Å². The highest BCUT2D eigenvalue weighted by atomic mass is 19.3. The Bertz CT molecular complexity index is 1620. The molecule has 0 N–H and O–H groups in total. The number of benzene rings is 2. The van der Waals surface area contributed by atoms with E-state index in [1.807, 2.05) is 0 Å². The molecule has 44 heavy (non-hydrogen) atoms. The number of carbonyl (C=O) groups is 1. The maximum absolute atomic E-state index is 14.1. The number of likely N-dealkylation sites (tertiary alicyclic amines) is 1. The number of rotatable bonds is 7. The predicted molar refractivity (Wildman–Crippen MR) is 165 cm³/mol. The van der Waals surface area contributed by atoms with E-state index < -0.39 is 12.0 Å². The molecule has 0 radical (unpaired) electrons. The summed E-state index contributed by atoms with van der Waals surface area (Å²) in [4.78, 5) is 29.9. The Morgan fingerprint density at radius 3 is 2.68 bits per heavy atom. The highest BCUT2D eigenvalue weighted by molar-refractivity contribution is 5.97. The van der Waals surface area contributed by atoms with Crippen LogP contribution in [-0.2, 0) is 17.8 Å². The van der Waals surface area contributed by atoms with Crippen molar-refractivity contribution in [2.75, 3.05) is 56.2 Å². The van der Waals surface area contributed by atoms with Crippen molar-refractivity contribution in [2.45, 2.75) is 50.7 Å². The molecule has 1 aromatic heterocycles. The SMILES string of the molecule is C=CC(=O)N1CCN(c2nc(OC[C@@H]3CC(F)(F)CN3C)nc3c2CCN(c2cccc4cccc(C)c24)C3)C[C@@H]1CC#N. The van der Waals surface area contributed by atoms with Gasteiger partial charge in [-0.05, 0) is 43.5 Å². The number of piperazine rings is 1. The molecule has 0 aliphatic carbocycles. The first-order chi connectivity index (χ1) is 21.2. The number of nitrogens with zero attached hydrogens (tertiary/aromatic N) is 7. The lowest BCUT2D eigenvalue weighted by Gasteiger charge is -2.42. The second kappa shape index (κ2) is 12.0. The quantitative estimate of drug-likeness (QED) is 0.370. The van der Waals surface area contributed by atoms with Crippen LogP contribution in [0.3, 0.4) is 0 Å². The van der Waals surface area contributed by atoms with Gasteiger partial charge >= 0.3 is 6.01 Å². The average Bonchev–Trinajstić information content (AvgIpc) is 3.29. The summed E-state index contributed by atoms with van der Waals surface area (Å²) in [5.41, 5.74) is 4.17. The van der Waals surface area contributed by atoms with Gasteiger partial charge in [0.25, 0.3) is 5.92 Å². The van der Waals surface area contributed by atoms with Crippen LogP contribution in [0.15, 0.2) is 49.1 Å². The van der Waals surface area contributed by atoms with E-state index in [0.29, 0.717) is 32.6 Å². The fourth-order valence-corrected chi connectivity index (χ4v) is 6.84. The highest BCUT2D eigenvalue weighted by Gasteiger charge is 2.43. The standard InChI is InChI=1S/C33H37F2N7O2/c1-4-29(43)42-16-15-41(18-24(42)11-13-36)31-26-12-14-40(28-10-6-9-23-8-5-7-22(2)30(23)28)19-27(26)37-32(38-31)44-20-25-17-33(34,35)21-39(25)3/h4-10,24-25H,1,11-12,14-21H2,2-3H3/t24-,25-/m0/s1. The van der Waals surface area contributed by atoms with Gasteiger partial charge in [0.1, 0.15) is 12.4 Å². The van der Waals surface area contributed by atoms with Crippen LogP contribution in [0.1, 0.15) is 29.7 Å². The normalized spacial score (nSPS) is 21.7. The van der Waals surface area contributed by atoms with E-state index >= 15 is 0 Å². The molecule has 9 nitrogen and oxygen atoms in total. The molecule has 2 saturated heterocycles. The summed E-state index contributed by atoms with van der Waals surface area (Å²) in [6.45, 7) is 8.16. The predicted octanol–water partition coefficient (Wildman–Crippen LogP) is 4.34. The molecular weight excluding hydrogens is 564 g/mol. The Balaban J connectivity index is 1.34. The molecule has 2 atom stereocenters. The summed E-state index contributed by atoms with van der Waals surface area (Å²) in [5.74, 6) is -2.23. The van der Waals surface area contributed by atoms with E-state index in [9.17, 15) is 18.8 Å². The summed E-state index contributed by atoms with van der Waals surface area (Å²) < 4.78 is 34.2. The molecular formula is C33H37F2N7O2. The molecule has 0 unspecified atom stereocenters. The van der Waals surface area contributed by atoms with Crippen molar-refractivity contribution in [2.24, 2.45) is 0 Å². The van der Waals surface area contributed by atoms with Gasteiger partial charge in [0.15, 0.2) is 0 Å². The summed E-state index contributed by atoms with van der Waals surface area (Å²) in [5, 5.41) is 11.9. The van der Waals surface area contributed by atoms with Crippen molar-refractivity contribution in [3.8, 4) is 12.1 Å². The van der Waals surface area contributed by atoms with Crippen molar-refractivity contribution >= 4 is 28.2 Å². The van der Waals surface area contributed by atoms with Crippen molar-refractivity contribution < 1.29 is 18.3 Å². The molecule has 230 valence electrons. The van der Waals surface area contributed by atoms with Crippen LogP contribution in [0, 0.1) is 18.3 Å². The summed E-state index contributed by atoms with van der Waals surface area (Å²) in [6.07, 6.45) is 1.89. The summed E-state index contributed by atoms with van der Waals surface area (Å²) >= 11 is 0. The lowest BCUT2D eigenvalue weighted by Crippen LogP contribution is -2.55. The van der Waals surface area contributed by atoms with Crippen molar-refractivity contribution in [1.82, 2.24) is 19.8 Å². The van der Waals surface area contributed by atoms with E-state index in [4.69, 9.17) is 14.7 Å². The van der Waals surface area contributed by atoms with Gasteiger partial charge in [-0.3, -0.25) is 9.69 Å². The molecule has 1 amide bonds. The molecule has 3 aliphatic rings. The first-order valence-corrected chi connectivity index (χ1v) is 15.1. The van der Waals surface area contributed by atoms with E-state index in [1.54, 1.807) is 16.8 Å². The smallest absolute Gasteiger partial charge is 0.318 e. The van der Waals surface area contributed by atoms with Crippen LogP contribution in [0.5, 0.6) is 6.01 Å². The average molecular weight is 602 g/mol. The van der Waals surface area contributed by atoms with E-state index in [-0.39, 0.29) is 44.0 Å². The number of aryl methyl sites for hydroxylation is 1. The minimum absolute atomic E-state index is 0.0508. The minimum atomic E-state index is -2.75. The topological polar surface area (TPSA) is 88.8 Å². The van der Waals surface area contributed by atoms with Crippen LogP contribution >= 0.6 is 0 Å². The van der Waals surface area contributed by atoms with Crippen LogP contribution in [0.4, 0.5) is 20.3 Å². The van der Waals surface area contributed by atoms with Crippen LogP contribution in [-0.4, -0.2) is 90.1 Å². The fourth-order valence-electron chi connectivity index (χ4n) is 6.84. The number of nitriles is 1. The summed E-state index contributed by atoms with van der Waals surface area (Å²) in [6, 6.07) is 14.2. The van der Waals surface area contributed by atoms with Gasteiger partial charge in [0.05, 0.1) is 37.3 Å². The number of ether oxygens (including phenoxy) is 1. The number of alkyl halides is 2.